The van der Waals surface area contributed by atoms with Crippen LogP contribution in [0.15, 0.2) is 0 Å². The van der Waals surface area contributed by atoms with Crippen LogP contribution in [-0.4, -0.2) is 28.7 Å². The molecule has 4 heteroatoms. The third-order valence-electron chi connectivity index (χ3n) is 3.79. The van der Waals surface area contributed by atoms with Crippen molar-refractivity contribution in [3.05, 3.63) is 0 Å². The summed E-state index contributed by atoms with van der Waals surface area (Å²) < 4.78 is 0. The summed E-state index contributed by atoms with van der Waals surface area (Å²) in [5.41, 5.74) is 0. The van der Waals surface area contributed by atoms with Gasteiger partial charge in [0.05, 0.1) is 6.07 Å². The van der Waals surface area contributed by atoms with Crippen molar-refractivity contribution in [1.29, 1.82) is 5.26 Å². The molecule has 82 valence electrons. The predicted molar refractivity (Wildman–Crippen MR) is 54.2 cm³/mol. The summed E-state index contributed by atoms with van der Waals surface area (Å²) >= 11 is 0. The molecule has 4 nitrogen and oxygen atoms in total. The fourth-order valence-corrected chi connectivity index (χ4v) is 2.96. The number of hydrogen-bond donors (Lipinski definition) is 1. The molecule has 0 unspecified atom stereocenters. The molecular weight excluding hydrogens is 192 g/mol. The summed E-state index contributed by atoms with van der Waals surface area (Å²) in [5.74, 6) is 1.08. The van der Waals surface area contributed by atoms with Crippen molar-refractivity contribution in [2.24, 2.45) is 11.8 Å². The van der Waals surface area contributed by atoms with Gasteiger partial charge in [0.2, 0.25) is 0 Å². The summed E-state index contributed by atoms with van der Waals surface area (Å²) in [6.45, 7) is 0.568. The lowest BCUT2D eigenvalue weighted by atomic mass is 9.73. The quantitative estimate of drug-likeness (QED) is 0.662. The second-order valence-electron chi connectivity index (χ2n) is 4.62. The fourth-order valence-electron chi connectivity index (χ4n) is 2.96. The second kappa shape index (κ2) is 4.09. The number of nitrogens with zero attached hydrogens (tertiary/aromatic N) is 2. The smallest absolute Gasteiger partial charge is 0.408 e. The molecule has 15 heavy (non-hydrogen) atoms. The van der Waals surface area contributed by atoms with Gasteiger partial charge in [-0.15, -0.1) is 0 Å². The molecule has 0 aromatic carbocycles. The van der Waals surface area contributed by atoms with Gasteiger partial charge in [0.15, 0.2) is 0 Å². The highest BCUT2D eigenvalue weighted by Crippen LogP contribution is 2.38. The van der Waals surface area contributed by atoms with Gasteiger partial charge in [-0.05, 0) is 24.7 Å². The first-order valence-electron chi connectivity index (χ1n) is 5.61. The van der Waals surface area contributed by atoms with E-state index < -0.39 is 12.1 Å². The number of likely N-dealkylation sites (tertiary alicyclic amines) is 1. The van der Waals surface area contributed by atoms with E-state index in [1.165, 1.54) is 24.2 Å². The molecule has 2 fully saturated rings. The highest BCUT2D eigenvalue weighted by atomic mass is 16.4. The summed E-state index contributed by atoms with van der Waals surface area (Å²) in [6.07, 6.45) is 4.57. The Kier molecular flexibility index (Phi) is 2.81. The number of carboxylic acid groups (broad SMARTS) is 1. The maximum absolute atomic E-state index is 11.0. The molecule has 1 amide bonds. The van der Waals surface area contributed by atoms with E-state index in [1.807, 2.05) is 0 Å². The van der Waals surface area contributed by atoms with Crippen molar-refractivity contribution in [2.75, 3.05) is 6.54 Å². The van der Waals surface area contributed by atoms with Crippen LogP contribution < -0.4 is 0 Å². The van der Waals surface area contributed by atoms with Crippen LogP contribution in [0.4, 0.5) is 4.79 Å². The zero-order valence-electron chi connectivity index (χ0n) is 8.72. The van der Waals surface area contributed by atoms with Crippen LogP contribution in [0.5, 0.6) is 0 Å². The van der Waals surface area contributed by atoms with Crippen molar-refractivity contribution in [3.8, 4) is 6.07 Å². The van der Waals surface area contributed by atoms with Gasteiger partial charge in [-0.25, -0.2) is 4.79 Å². The van der Waals surface area contributed by atoms with E-state index in [0.717, 1.165) is 12.8 Å². The van der Waals surface area contributed by atoms with Gasteiger partial charge >= 0.3 is 6.09 Å². The Balaban J connectivity index is 2.09. The number of fused-ring (bicyclic) bond motifs is 1. The topological polar surface area (TPSA) is 64.3 Å². The molecule has 0 bridgehead atoms. The molecule has 0 radical (unpaired) electrons. The molecule has 1 N–H and O–H groups in total. The minimum Gasteiger partial charge on any atom is -0.465 e. The lowest BCUT2D eigenvalue weighted by molar-refractivity contribution is 0.0578. The van der Waals surface area contributed by atoms with Crippen molar-refractivity contribution < 1.29 is 9.90 Å². The number of amides is 1. The molecule has 1 saturated heterocycles. The lowest BCUT2D eigenvalue weighted by Crippen LogP contribution is -2.49. The maximum Gasteiger partial charge on any atom is 0.408 e. The molecule has 1 saturated carbocycles. The normalized spacial score (nSPS) is 35.4. The van der Waals surface area contributed by atoms with Gasteiger partial charge in [-0.1, -0.05) is 19.3 Å². The highest BCUT2D eigenvalue weighted by molar-refractivity contribution is 5.66. The van der Waals surface area contributed by atoms with Crippen LogP contribution in [0.2, 0.25) is 0 Å². The standard InChI is InChI=1S/C11H16N2O2/c12-6-10-5-8-3-1-2-4-9(8)7-13(10)11(14)15/h8-10H,1-5,7H2,(H,14,15)/t8-,9+,10+/m0/s1. The minimum atomic E-state index is -0.939. The van der Waals surface area contributed by atoms with Gasteiger partial charge in [0.1, 0.15) is 6.04 Å². The molecule has 0 aromatic rings. The van der Waals surface area contributed by atoms with Crippen LogP contribution in [0, 0.1) is 23.2 Å². The Morgan fingerprint density at radius 3 is 2.60 bits per heavy atom. The molecule has 1 heterocycles. The van der Waals surface area contributed by atoms with E-state index in [0.29, 0.717) is 18.4 Å². The average Bonchev–Trinajstić information content (AvgIpc) is 2.27. The zero-order valence-corrected chi connectivity index (χ0v) is 8.72. The SMILES string of the molecule is N#C[C@H]1C[C@@H]2CCCC[C@@H]2CN1C(=O)O. The number of nitriles is 1. The summed E-state index contributed by atoms with van der Waals surface area (Å²) in [7, 11) is 0. The maximum atomic E-state index is 11.0. The van der Waals surface area contributed by atoms with Crippen LogP contribution in [-0.2, 0) is 0 Å². The fraction of sp³-hybridized carbons (Fsp3) is 0.818. The third-order valence-corrected chi connectivity index (χ3v) is 3.79. The highest BCUT2D eigenvalue weighted by Gasteiger charge is 2.38. The Morgan fingerprint density at radius 1 is 1.33 bits per heavy atom. The van der Waals surface area contributed by atoms with Crippen LogP contribution in [0.1, 0.15) is 32.1 Å². The van der Waals surface area contributed by atoms with Gasteiger partial charge < -0.3 is 5.11 Å². The molecule has 1 aliphatic carbocycles. The molecular formula is C11H16N2O2. The number of hydrogen-bond acceptors (Lipinski definition) is 2. The largest absolute Gasteiger partial charge is 0.465 e. The van der Waals surface area contributed by atoms with Crippen molar-refractivity contribution in [1.82, 2.24) is 4.90 Å². The van der Waals surface area contributed by atoms with E-state index >= 15 is 0 Å². The van der Waals surface area contributed by atoms with E-state index in [1.54, 1.807) is 0 Å². The van der Waals surface area contributed by atoms with E-state index in [2.05, 4.69) is 6.07 Å². The Hall–Kier alpha value is -1.24. The molecule has 0 aromatic heterocycles. The molecule has 0 spiro atoms. The van der Waals surface area contributed by atoms with Gasteiger partial charge in [0.25, 0.3) is 0 Å². The van der Waals surface area contributed by atoms with Crippen molar-refractivity contribution in [3.63, 3.8) is 0 Å². The van der Waals surface area contributed by atoms with Crippen LogP contribution in [0.25, 0.3) is 0 Å². The second-order valence-corrected chi connectivity index (χ2v) is 4.62. The van der Waals surface area contributed by atoms with Crippen LogP contribution in [0.3, 0.4) is 0 Å². The van der Waals surface area contributed by atoms with Crippen molar-refractivity contribution >= 4 is 6.09 Å². The minimum absolute atomic E-state index is 0.415. The number of piperidine rings is 1. The summed E-state index contributed by atoms with van der Waals surface area (Å²) in [6, 6.07) is 1.70. The van der Waals surface area contributed by atoms with Gasteiger partial charge in [-0.3, -0.25) is 4.90 Å². The third kappa shape index (κ3) is 1.92. The predicted octanol–water partition coefficient (Wildman–Crippen LogP) is 2.07. The Labute approximate surface area is 89.5 Å². The summed E-state index contributed by atoms with van der Waals surface area (Å²) in [5, 5.41) is 18.0. The number of carbonyl (C=O) groups is 1. The van der Waals surface area contributed by atoms with Gasteiger partial charge in [-0.2, -0.15) is 5.26 Å². The van der Waals surface area contributed by atoms with E-state index in [-0.39, 0.29) is 0 Å². The van der Waals surface area contributed by atoms with Gasteiger partial charge in [0, 0.05) is 6.54 Å². The lowest BCUT2D eigenvalue weighted by Gasteiger charge is -2.42. The van der Waals surface area contributed by atoms with Crippen molar-refractivity contribution in [2.45, 2.75) is 38.1 Å². The molecule has 2 aliphatic rings. The first-order chi connectivity index (χ1) is 7.22. The molecule has 2 rings (SSSR count). The van der Waals surface area contributed by atoms with E-state index in [9.17, 15) is 4.79 Å². The Morgan fingerprint density at radius 2 is 2.00 bits per heavy atom. The molecule has 3 atom stereocenters. The Bertz CT molecular complexity index is 297. The first kappa shape index (κ1) is 10.3. The summed E-state index contributed by atoms with van der Waals surface area (Å²) in [4.78, 5) is 12.3. The monoisotopic (exact) mass is 208 g/mol. The number of rotatable bonds is 0. The average molecular weight is 208 g/mol. The first-order valence-corrected chi connectivity index (χ1v) is 5.61. The van der Waals surface area contributed by atoms with Crippen LogP contribution >= 0.6 is 0 Å². The van der Waals surface area contributed by atoms with E-state index in [4.69, 9.17) is 10.4 Å². The molecule has 1 aliphatic heterocycles. The zero-order chi connectivity index (χ0) is 10.8.